The Hall–Kier alpha value is -5.85. The Morgan fingerprint density at radius 3 is 2.28 bits per heavy atom. The molecule has 4 heterocycles. The van der Waals surface area contributed by atoms with Crippen molar-refractivity contribution in [3.8, 4) is 22.8 Å². The van der Waals surface area contributed by atoms with Gasteiger partial charge in [-0.05, 0) is 42.4 Å². The number of benzene rings is 6. The van der Waals surface area contributed by atoms with Crippen LogP contribution in [0.2, 0.25) is 0 Å². The van der Waals surface area contributed by atoms with Crippen molar-refractivity contribution in [2.75, 3.05) is 0 Å². The summed E-state index contributed by atoms with van der Waals surface area (Å²) in [4.78, 5) is 14.7. The van der Waals surface area contributed by atoms with Crippen LogP contribution in [0.1, 0.15) is 19.5 Å². The molecule has 216 valence electrons. The normalized spacial score (nSPS) is 15.0. The summed E-state index contributed by atoms with van der Waals surface area (Å²) in [6.07, 6.45) is 0. The molecule has 10 aromatic rings. The van der Waals surface area contributed by atoms with Crippen molar-refractivity contribution in [3.63, 3.8) is 0 Å². The van der Waals surface area contributed by atoms with Gasteiger partial charge in [-0.25, -0.2) is 15.0 Å². The lowest BCUT2D eigenvalue weighted by atomic mass is 10.1. The van der Waals surface area contributed by atoms with E-state index in [1.807, 2.05) is 72.8 Å². The number of aromatic nitrogens is 4. The van der Waals surface area contributed by atoms with E-state index in [4.69, 9.17) is 31.7 Å². The number of hydrogen-bond acceptors (Lipinski definition) is 5. The molecule has 0 spiro atoms. The van der Waals surface area contributed by atoms with Crippen molar-refractivity contribution in [2.24, 2.45) is 0 Å². The van der Waals surface area contributed by atoms with E-state index in [0.717, 1.165) is 27.7 Å². The van der Waals surface area contributed by atoms with Crippen LogP contribution in [0.3, 0.4) is 0 Å². The topological polar surface area (TPSA) is 56.7 Å². The molecule has 0 aliphatic heterocycles. The fraction of sp³-hybridized carbons (Fsp3) is 0.0250. The SMILES string of the molecule is [2H]c1c([2H])c([2H])c2c(sc3c([2H])c([2H])c4c5c([2H])c([2H])c([2H])c([2H])c5n(Cc5nc(-c6ccccc6)nc(-c6ccc7oc8ccccc8c7c6)n5)c4c32)c1[2H]. The summed E-state index contributed by atoms with van der Waals surface area (Å²) in [6.45, 7) is -0.192. The van der Waals surface area contributed by atoms with Crippen LogP contribution in [-0.4, -0.2) is 19.5 Å². The van der Waals surface area contributed by atoms with Crippen LogP contribution in [0, 0.1) is 0 Å². The van der Waals surface area contributed by atoms with Gasteiger partial charge in [0.25, 0.3) is 0 Å². The Kier molecular flexibility index (Phi) is 3.76. The molecule has 0 saturated carbocycles. The second kappa shape index (κ2) is 9.83. The molecule has 0 N–H and O–H groups in total. The van der Waals surface area contributed by atoms with Gasteiger partial charge >= 0.3 is 0 Å². The molecule has 0 unspecified atom stereocenters. The Morgan fingerprint density at radius 2 is 1.37 bits per heavy atom. The second-order valence-electron chi connectivity index (χ2n) is 10.9. The van der Waals surface area contributed by atoms with Gasteiger partial charge in [0.05, 0.1) is 25.8 Å². The highest BCUT2D eigenvalue weighted by Crippen LogP contribution is 2.42. The Morgan fingerprint density at radius 1 is 0.609 bits per heavy atom. The molecule has 0 aliphatic rings. The molecule has 6 heteroatoms. The second-order valence-corrected chi connectivity index (χ2v) is 11.9. The fourth-order valence-corrected chi connectivity index (χ4v) is 7.15. The minimum absolute atomic E-state index is 0.0152. The van der Waals surface area contributed by atoms with Crippen LogP contribution in [0.15, 0.2) is 138 Å². The number of rotatable bonds is 4. The number of furan rings is 1. The van der Waals surface area contributed by atoms with Crippen LogP contribution < -0.4 is 0 Å². The molecule has 4 aromatic heterocycles. The molecule has 0 amide bonds. The van der Waals surface area contributed by atoms with Crippen molar-refractivity contribution in [2.45, 2.75) is 6.54 Å². The molecule has 0 bridgehead atoms. The smallest absolute Gasteiger partial charge is 0.163 e. The molecular weight excluding hydrogens is 585 g/mol. The Labute approximate surface area is 281 Å². The van der Waals surface area contributed by atoms with Gasteiger partial charge in [0.15, 0.2) is 17.5 Å². The molecular formula is C40H24N4OS. The minimum Gasteiger partial charge on any atom is -0.456 e. The zero-order valence-electron chi connectivity index (χ0n) is 33.7. The summed E-state index contributed by atoms with van der Waals surface area (Å²) in [6, 6.07) is 18.8. The number of nitrogens with zero attached hydrogens (tertiary/aromatic N) is 4. The highest BCUT2D eigenvalue weighted by Gasteiger charge is 2.19. The van der Waals surface area contributed by atoms with Crippen LogP contribution in [0.4, 0.5) is 0 Å². The lowest BCUT2D eigenvalue weighted by Crippen LogP contribution is -2.08. The molecule has 0 fully saturated rings. The summed E-state index contributed by atoms with van der Waals surface area (Å²) in [5.74, 6) is 0.896. The third kappa shape index (κ3) is 3.84. The Bertz CT molecular complexity index is 3360. The lowest BCUT2D eigenvalue weighted by molar-refractivity contribution is 0.669. The van der Waals surface area contributed by atoms with E-state index in [1.54, 1.807) is 4.57 Å². The van der Waals surface area contributed by atoms with Crippen molar-refractivity contribution >= 4 is 75.3 Å². The number of hydrogen-bond donors (Lipinski definition) is 0. The summed E-state index contributed by atoms with van der Waals surface area (Å²) in [7, 11) is 0. The average molecular weight is 619 g/mol. The van der Waals surface area contributed by atoms with E-state index in [2.05, 4.69) is 0 Å². The van der Waals surface area contributed by atoms with Crippen molar-refractivity contribution in [1.82, 2.24) is 19.5 Å². The van der Waals surface area contributed by atoms with Gasteiger partial charge in [0.2, 0.25) is 0 Å². The highest BCUT2D eigenvalue weighted by molar-refractivity contribution is 7.26. The predicted molar refractivity (Wildman–Crippen MR) is 189 cm³/mol. The zero-order valence-corrected chi connectivity index (χ0v) is 24.6. The largest absolute Gasteiger partial charge is 0.456 e. The lowest BCUT2D eigenvalue weighted by Gasteiger charge is -2.11. The van der Waals surface area contributed by atoms with Crippen molar-refractivity contribution in [1.29, 1.82) is 0 Å². The van der Waals surface area contributed by atoms with Crippen LogP contribution in [0.25, 0.3) is 86.7 Å². The highest BCUT2D eigenvalue weighted by atomic mass is 32.1. The minimum atomic E-state index is -0.513. The molecule has 0 atom stereocenters. The number of fused-ring (bicyclic) bond motifs is 10. The van der Waals surface area contributed by atoms with Gasteiger partial charge < -0.3 is 8.98 Å². The first kappa shape index (κ1) is 17.6. The maximum atomic E-state index is 9.24. The van der Waals surface area contributed by atoms with E-state index in [1.165, 1.54) is 0 Å². The summed E-state index contributed by atoms with van der Waals surface area (Å²) in [5.41, 5.74) is 3.06. The van der Waals surface area contributed by atoms with Crippen LogP contribution in [-0.2, 0) is 6.54 Å². The van der Waals surface area contributed by atoms with Crippen LogP contribution in [0.5, 0.6) is 0 Å². The average Bonchev–Trinajstić information content (AvgIpc) is 3.90. The molecule has 0 radical (unpaired) electrons. The van der Waals surface area contributed by atoms with Gasteiger partial charge in [0, 0.05) is 58.4 Å². The van der Waals surface area contributed by atoms with E-state index in [-0.39, 0.29) is 84.6 Å². The first-order chi connectivity index (χ1) is 26.9. The van der Waals surface area contributed by atoms with Crippen LogP contribution >= 0.6 is 11.3 Å². The van der Waals surface area contributed by atoms with Crippen molar-refractivity contribution < 1.29 is 18.1 Å². The first-order valence-electron chi connectivity index (χ1n) is 19.5. The summed E-state index contributed by atoms with van der Waals surface area (Å²) in [5, 5.41) is 2.25. The van der Waals surface area contributed by atoms with E-state index >= 15 is 0 Å². The third-order valence-electron chi connectivity index (χ3n) is 8.21. The maximum absolute atomic E-state index is 9.24. The fourth-order valence-electron chi connectivity index (χ4n) is 6.19. The molecule has 0 aliphatic carbocycles. The van der Waals surface area contributed by atoms with E-state index < -0.39 is 30.2 Å². The molecule has 5 nitrogen and oxygen atoms in total. The molecule has 46 heavy (non-hydrogen) atoms. The van der Waals surface area contributed by atoms with E-state index in [9.17, 15) is 1.37 Å². The molecule has 10 rings (SSSR count). The maximum Gasteiger partial charge on any atom is 0.163 e. The summed E-state index contributed by atoms with van der Waals surface area (Å²) >= 11 is 0.974. The van der Waals surface area contributed by atoms with Crippen molar-refractivity contribution in [3.05, 3.63) is 139 Å². The summed E-state index contributed by atoms with van der Waals surface area (Å²) < 4.78 is 96.3. The van der Waals surface area contributed by atoms with Gasteiger partial charge in [-0.3, -0.25) is 0 Å². The predicted octanol–water partition coefficient (Wildman–Crippen LogP) is 10.6. The Balaban J connectivity index is 1.32. The van der Waals surface area contributed by atoms with Gasteiger partial charge in [-0.1, -0.05) is 90.8 Å². The standard InChI is InChI=1S/C40H24N4OS/c1-2-10-24(11-3-1)39-41-36(42-40(43-39)25-18-20-33-30(22-25)27-13-5-8-16-32(27)45-33)23-44-31-15-7-4-12-26(31)28-19-21-35-37(38(28)44)29-14-6-9-17-34(29)46-35/h1-22H,23H2/i4D,6D,7D,9D,12D,14D,15D,17D,19D,21D. The monoisotopic (exact) mass is 618 g/mol. The first-order valence-corrected chi connectivity index (χ1v) is 15.3. The van der Waals surface area contributed by atoms with Gasteiger partial charge in [-0.2, -0.15) is 0 Å². The van der Waals surface area contributed by atoms with E-state index in [0.29, 0.717) is 28.4 Å². The zero-order chi connectivity index (χ0) is 38.9. The quantitative estimate of drug-likeness (QED) is 0.197. The molecule has 6 aromatic carbocycles. The number of thiophene rings is 1. The molecule has 0 saturated heterocycles. The number of para-hydroxylation sites is 2. The van der Waals surface area contributed by atoms with Gasteiger partial charge in [-0.15, -0.1) is 11.3 Å². The van der Waals surface area contributed by atoms with Gasteiger partial charge in [0.1, 0.15) is 11.2 Å². The third-order valence-corrected chi connectivity index (χ3v) is 9.24.